The Morgan fingerprint density at radius 3 is 1.40 bits per heavy atom. The highest BCUT2D eigenvalue weighted by atomic mass is 16.1. The second kappa shape index (κ2) is 13.9. The van der Waals surface area contributed by atoms with Gasteiger partial charge in [-0.1, -0.05) is 103 Å². The molecular weight excluding hydrogens is 432 g/mol. The topological polar surface area (TPSA) is 58.9 Å². The molecule has 0 amide bonds. The lowest BCUT2D eigenvalue weighted by Gasteiger charge is -2.33. The highest BCUT2D eigenvalue weighted by Crippen LogP contribution is 2.55. The van der Waals surface area contributed by atoms with E-state index in [-0.39, 0.29) is 5.41 Å². The van der Waals surface area contributed by atoms with Gasteiger partial charge in [-0.15, -0.1) is 0 Å². The van der Waals surface area contributed by atoms with Crippen molar-refractivity contribution in [3.05, 3.63) is 47.5 Å². The molecule has 2 aromatic carbocycles. The number of hydrogen-bond acceptors (Lipinski definition) is 4. The van der Waals surface area contributed by atoms with Gasteiger partial charge >= 0.3 is 0 Å². The average molecular weight is 473 g/mol. The van der Waals surface area contributed by atoms with Crippen LogP contribution in [0, 0.1) is 0 Å². The first-order chi connectivity index (χ1) is 17.2. The normalized spacial score (nSPS) is 13.0. The van der Waals surface area contributed by atoms with Crippen LogP contribution in [-0.4, -0.2) is 12.2 Å². The fourth-order valence-corrected chi connectivity index (χ4v) is 5.79. The van der Waals surface area contributed by atoms with E-state index in [1.807, 2.05) is 12.1 Å². The lowest BCUT2D eigenvalue weighted by Crippen LogP contribution is -2.25. The summed E-state index contributed by atoms with van der Waals surface area (Å²) < 4.78 is 0. The highest BCUT2D eigenvalue weighted by molar-refractivity contribution is 5.84. The van der Waals surface area contributed by atoms with Crippen LogP contribution in [0.1, 0.15) is 115 Å². The van der Waals surface area contributed by atoms with Crippen LogP contribution in [0.5, 0.6) is 0 Å². The Balaban J connectivity index is 1.98. The number of rotatable bonds is 16. The molecular formula is C31H40N2O2. The van der Waals surface area contributed by atoms with Gasteiger partial charge in [0, 0.05) is 5.41 Å². The quantitative estimate of drug-likeness (QED) is 0.139. The summed E-state index contributed by atoms with van der Waals surface area (Å²) in [6, 6.07) is 12.2. The molecule has 2 aromatic rings. The van der Waals surface area contributed by atoms with E-state index in [1.165, 1.54) is 86.5 Å². The lowest BCUT2D eigenvalue weighted by atomic mass is 9.70. The molecule has 0 saturated heterocycles. The van der Waals surface area contributed by atoms with Gasteiger partial charge in [0.05, 0.1) is 11.4 Å². The smallest absolute Gasteiger partial charge is 0.211 e. The molecule has 4 heteroatoms. The molecule has 0 saturated carbocycles. The van der Waals surface area contributed by atoms with Crippen LogP contribution in [0.2, 0.25) is 0 Å². The molecule has 0 atom stereocenters. The zero-order valence-electron chi connectivity index (χ0n) is 21.6. The van der Waals surface area contributed by atoms with Crippen LogP contribution >= 0.6 is 0 Å². The van der Waals surface area contributed by atoms with Crippen molar-refractivity contribution in [2.75, 3.05) is 0 Å². The molecule has 0 fully saturated rings. The van der Waals surface area contributed by atoms with Gasteiger partial charge in [0.15, 0.2) is 0 Å². The van der Waals surface area contributed by atoms with Gasteiger partial charge in [-0.3, -0.25) is 0 Å². The van der Waals surface area contributed by atoms with Crippen molar-refractivity contribution >= 4 is 23.5 Å². The van der Waals surface area contributed by atoms with Crippen LogP contribution in [0.4, 0.5) is 11.4 Å². The molecule has 0 aromatic heterocycles. The molecule has 0 bridgehead atoms. The summed E-state index contributed by atoms with van der Waals surface area (Å²) in [5.41, 5.74) is 6.12. The van der Waals surface area contributed by atoms with Gasteiger partial charge in [-0.05, 0) is 59.4 Å². The molecule has 1 aliphatic rings. The monoisotopic (exact) mass is 472 g/mol. The SMILES string of the molecule is CCCCCCCCC1(CCCCCCCC)c2cc(N=C=O)ccc2-c2ccc(N=C=O)cc21. The Labute approximate surface area is 211 Å². The van der Waals surface area contributed by atoms with Crippen molar-refractivity contribution in [1.82, 2.24) is 0 Å². The minimum absolute atomic E-state index is 0.150. The summed E-state index contributed by atoms with van der Waals surface area (Å²) in [5, 5.41) is 0. The highest BCUT2D eigenvalue weighted by Gasteiger charge is 2.42. The van der Waals surface area contributed by atoms with Gasteiger partial charge in [-0.25, -0.2) is 9.59 Å². The fraction of sp³-hybridized carbons (Fsp3) is 0.548. The van der Waals surface area contributed by atoms with Crippen LogP contribution in [0.25, 0.3) is 11.1 Å². The number of nitrogens with zero attached hydrogens (tertiary/aromatic N) is 2. The maximum absolute atomic E-state index is 11.0. The number of hydrogen-bond donors (Lipinski definition) is 0. The summed E-state index contributed by atoms with van der Waals surface area (Å²) in [5.74, 6) is 0. The summed E-state index contributed by atoms with van der Waals surface area (Å²) in [6.07, 6.45) is 20.5. The molecule has 186 valence electrons. The van der Waals surface area contributed by atoms with Gasteiger partial charge in [0.1, 0.15) is 0 Å². The van der Waals surface area contributed by atoms with Gasteiger partial charge < -0.3 is 0 Å². The molecule has 1 aliphatic carbocycles. The second-order valence-electron chi connectivity index (χ2n) is 9.98. The zero-order valence-corrected chi connectivity index (χ0v) is 21.6. The fourth-order valence-electron chi connectivity index (χ4n) is 5.79. The Morgan fingerprint density at radius 2 is 1.00 bits per heavy atom. The number of isocyanates is 2. The third-order valence-corrected chi connectivity index (χ3v) is 7.59. The zero-order chi connectivity index (χ0) is 24.9. The predicted octanol–water partition coefficient (Wildman–Crippen LogP) is 9.39. The van der Waals surface area contributed by atoms with Crippen molar-refractivity contribution in [2.24, 2.45) is 9.98 Å². The molecule has 35 heavy (non-hydrogen) atoms. The van der Waals surface area contributed by atoms with E-state index in [4.69, 9.17) is 0 Å². The van der Waals surface area contributed by atoms with Crippen molar-refractivity contribution in [3.8, 4) is 11.1 Å². The maximum Gasteiger partial charge on any atom is 0.240 e. The first kappa shape index (κ1) is 26.8. The summed E-state index contributed by atoms with van der Waals surface area (Å²) in [7, 11) is 0. The molecule has 0 heterocycles. The first-order valence-electron chi connectivity index (χ1n) is 13.7. The molecule has 4 nitrogen and oxygen atoms in total. The number of aliphatic imine (C=N–C) groups is 2. The van der Waals surface area contributed by atoms with E-state index in [1.54, 1.807) is 12.2 Å². The lowest BCUT2D eigenvalue weighted by molar-refractivity contribution is 0.398. The van der Waals surface area contributed by atoms with Gasteiger partial charge in [0.25, 0.3) is 0 Å². The van der Waals surface area contributed by atoms with Gasteiger partial charge in [0.2, 0.25) is 12.2 Å². The van der Waals surface area contributed by atoms with Crippen molar-refractivity contribution in [1.29, 1.82) is 0 Å². The van der Waals surface area contributed by atoms with Gasteiger partial charge in [-0.2, -0.15) is 9.98 Å². The molecule has 0 radical (unpaired) electrons. The standard InChI is InChI=1S/C31H40N2O2/c1-3-5-7-9-11-13-19-31(20-14-12-10-8-6-4-2)29-21-25(32-23-34)15-17-27(29)28-18-16-26(33-24-35)22-30(28)31/h15-18,21-22H,3-14,19-20H2,1-2H3. The minimum atomic E-state index is -0.150. The molecule has 0 N–H and O–H groups in total. The number of fused-ring (bicyclic) bond motifs is 3. The predicted molar refractivity (Wildman–Crippen MR) is 144 cm³/mol. The van der Waals surface area contributed by atoms with E-state index in [0.717, 1.165) is 25.7 Å². The third kappa shape index (κ3) is 6.66. The Morgan fingerprint density at radius 1 is 0.600 bits per heavy atom. The molecule has 0 unspecified atom stereocenters. The largest absolute Gasteiger partial charge is 0.240 e. The Kier molecular flexibility index (Phi) is 10.7. The Hall–Kier alpha value is -2.80. The molecule has 0 spiro atoms. The van der Waals surface area contributed by atoms with Crippen LogP contribution in [0.15, 0.2) is 46.4 Å². The summed E-state index contributed by atoms with van der Waals surface area (Å²) >= 11 is 0. The van der Waals surface area contributed by atoms with E-state index >= 15 is 0 Å². The average Bonchev–Trinajstić information content (AvgIpc) is 3.13. The number of carbonyl (C=O) groups excluding carboxylic acids is 2. The summed E-state index contributed by atoms with van der Waals surface area (Å²) in [6.45, 7) is 4.50. The van der Waals surface area contributed by atoms with Crippen molar-refractivity contribution < 1.29 is 9.59 Å². The number of benzene rings is 2. The molecule has 3 rings (SSSR count). The molecule has 0 aliphatic heterocycles. The summed E-state index contributed by atoms with van der Waals surface area (Å²) in [4.78, 5) is 29.9. The first-order valence-corrected chi connectivity index (χ1v) is 13.7. The van der Waals surface area contributed by atoms with E-state index in [0.29, 0.717) is 11.4 Å². The van der Waals surface area contributed by atoms with E-state index in [9.17, 15) is 9.59 Å². The number of unbranched alkanes of at least 4 members (excludes halogenated alkanes) is 10. The Bertz CT molecular complexity index is 976. The maximum atomic E-state index is 11.0. The van der Waals surface area contributed by atoms with Crippen LogP contribution in [-0.2, 0) is 15.0 Å². The minimum Gasteiger partial charge on any atom is -0.211 e. The second-order valence-corrected chi connectivity index (χ2v) is 9.98. The van der Waals surface area contributed by atoms with E-state index in [2.05, 4.69) is 48.1 Å². The van der Waals surface area contributed by atoms with Crippen LogP contribution < -0.4 is 0 Å². The van der Waals surface area contributed by atoms with Crippen molar-refractivity contribution in [3.63, 3.8) is 0 Å². The van der Waals surface area contributed by atoms with Crippen molar-refractivity contribution in [2.45, 2.75) is 109 Å². The van der Waals surface area contributed by atoms with E-state index < -0.39 is 0 Å². The third-order valence-electron chi connectivity index (χ3n) is 7.59. The van der Waals surface area contributed by atoms with Crippen LogP contribution in [0.3, 0.4) is 0 Å².